The van der Waals surface area contributed by atoms with Gasteiger partial charge in [0.15, 0.2) is 5.69 Å². The summed E-state index contributed by atoms with van der Waals surface area (Å²) in [5.74, 6) is -0.666. The third-order valence-corrected chi connectivity index (χ3v) is 4.48. The number of aromatic nitrogens is 2. The van der Waals surface area contributed by atoms with Gasteiger partial charge >= 0.3 is 0 Å². The summed E-state index contributed by atoms with van der Waals surface area (Å²) < 4.78 is 1.78. The van der Waals surface area contributed by atoms with Crippen LogP contribution in [0.3, 0.4) is 0 Å². The Morgan fingerprint density at radius 3 is 2.61 bits per heavy atom. The Kier molecular flexibility index (Phi) is 7.53. The molecule has 1 heterocycles. The molecule has 2 amide bonds. The van der Waals surface area contributed by atoms with Gasteiger partial charge in [0.2, 0.25) is 5.91 Å². The van der Waals surface area contributed by atoms with Crippen LogP contribution in [0.5, 0.6) is 0 Å². The van der Waals surface area contributed by atoms with Crippen LogP contribution in [0, 0.1) is 5.41 Å². The molecule has 1 aromatic carbocycles. The third-order valence-electron chi connectivity index (χ3n) is 4.48. The molecule has 154 valence electrons. The van der Waals surface area contributed by atoms with E-state index in [0.717, 1.165) is 17.3 Å². The van der Waals surface area contributed by atoms with Crippen molar-refractivity contribution >= 4 is 22.7 Å². The van der Waals surface area contributed by atoms with Crippen molar-refractivity contribution in [3.8, 4) is 0 Å². The summed E-state index contributed by atoms with van der Waals surface area (Å²) in [6.07, 6.45) is 1.22. The Bertz CT molecular complexity index is 810. The average molecular weight is 390 g/mol. The normalized spacial score (nSPS) is 12.8. The van der Waals surface area contributed by atoms with E-state index in [2.05, 4.69) is 15.7 Å². The average Bonchev–Trinajstić information content (AvgIpc) is 3.02. The smallest absolute Gasteiger partial charge is 0.273 e. The number of aliphatic hydroxyl groups excluding tert-OH is 1. The maximum atomic E-state index is 13.0. The third kappa shape index (κ3) is 5.30. The van der Waals surface area contributed by atoms with Gasteiger partial charge in [0.1, 0.15) is 6.04 Å². The van der Waals surface area contributed by atoms with E-state index < -0.39 is 11.5 Å². The van der Waals surface area contributed by atoms with Crippen molar-refractivity contribution in [2.24, 2.45) is 11.1 Å². The molecule has 0 bridgehead atoms. The number of amides is 2. The first-order chi connectivity index (χ1) is 13.3. The number of carbonyl (C=O) groups is 2. The summed E-state index contributed by atoms with van der Waals surface area (Å²) in [7, 11) is 0. The molecule has 0 aliphatic heterocycles. The molecule has 0 spiro atoms. The summed E-state index contributed by atoms with van der Waals surface area (Å²) in [5, 5.41) is 19.7. The van der Waals surface area contributed by atoms with Crippen LogP contribution in [0.1, 0.15) is 44.1 Å². The predicted molar refractivity (Wildman–Crippen MR) is 109 cm³/mol. The first-order valence-corrected chi connectivity index (χ1v) is 9.64. The molecule has 0 aliphatic carbocycles. The molecule has 28 heavy (non-hydrogen) atoms. The molecule has 2 rings (SSSR count). The number of aliphatic hydroxyl groups is 1. The van der Waals surface area contributed by atoms with Gasteiger partial charge < -0.3 is 21.5 Å². The molecule has 0 radical (unpaired) electrons. The van der Waals surface area contributed by atoms with E-state index in [1.165, 1.54) is 0 Å². The van der Waals surface area contributed by atoms with Crippen molar-refractivity contribution in [2.45, 2.75) is 46.2 Å². The maximum Gasteiger partial charge on any atom is 0.273 e. The Hall–Kier alpha value is -2.45. The zero-order valence-corrected chi connectivity index (χ0v) is 16.9. The van der Waals surface area contributed by atoms with Gasteiger partial charge in [-0.25, -0.2) is 0 Å². The fourth-order valence-corrected chi connectivity index (χ4v) is 2.97. The molecule has 2 aromatic rings. The summed E-state index contributed by atoms with van der Waals surface area (Å²) in [5.41, 5.74) is 6.27. The number of nitrogens with two attached hydrogens (primary N) is 1. The van der Waals surface area contributed by atoms with Crippen LogP contribution in [0.4, 0.5) is 0 Å². The van der Waals surface area contributed by atoms with Gasteiger partial charge in [-0.15, -0.1) is 0 Å². The zero-order chi connectivity index (χ0) is 20.7. The lowest BCUT2D eigenvalue weighted by atomic mass is 9.86. The minimum atomic E-state index is -0.730. The number of rotatable bonds is 9. The second-order valence-electron chi connectivity index (χ2n) is 7.87. The van der Waals surface area contributed by atoms with E-state index in [0.29, 0.717) is 31.7 Å². The Morgan fingerprint density at radius 1 is 1.25 bits per heavy atom. The van der Waals surface area contributed by atoms with Crippen molar-refractivity contribution in [3.63, 3.8) is 0 Å². The van der Waals surface area contributed by atoms with E-state index >= 15 is 0 Å². The topological polar surface area (TPSA) is 122 Å². The quantitative estimate of drug-likeness (QED) is 0.477. The molecule has 8 heteroatoms. The van der Waals surface area contributed by atoms with E-state index in [9.17, 15) is 9.59 Å². The molecular formula is C20H31N5O3. The number of fused-ring (bicyclic) bond motifs is 1. The number of benzene rings is 1. The standard InChI is InChI=1S/C20H31N5O3/c1-20(2,3)17(19(28)22-11-7-13-26)23-18(27)16-14-8-4-5-9-15(14)25(24-16)12-6-10-21/h4-5,8-9,17,26H,6-7,10-13,21H2,1-3H3,(H,22,28)(H,23,27). The summed E-state index contributed by atoms with van der Waals surface area (Å²) in [4.78, 5) is 25.6. The van der Waals surface area contributed by atoms with E-state index in [4.69, 9.17) is 10.8 Å². The van der Waals surface area contributed by atoms with Gasteiger partial charge in [0.05, 0.1) is 5.52 Å². The van der Waals surface area contributed by atoms with Crippen molar-refractivity contribution in [1.29, 1.82) is 0 Å². The minimum Gasteiger partial charge on any atom is -0.396 e. The molecule has 0 saturated carbocycles. The summed E-state index contributed by atoms with van der Waals surface area (Å²) in [6.45, 7) is 7.18. The fraction of sp³-hybridized carbons (Fsp3) is 0.550. The fourth-order valence-electron chi connectivity index (χ4n) is 2.97. The molecule has 1 aromatic heterocycles. The lowest BCUT2D eigenvalue weighted by Crippen LogP contribution is -2.53. The number of carbonyl (C=O) groups excluding carboxylic acids is 2. The SMILES string of the molecule is CC(C)(C)C(NC(=O)c1nn(CCCN)c2ccccc12)C(=O)NCCCO. The number of nitrogens with one attached hydrogen (secondary N) is 2. The highest BCUT2D eigenvalue weighted by molar-refractivity contribution is 6.06. The van der Waals surface area contributed by atoms with E-state index in [1.807, 2.05) is 45.0 Å². The van der Waals surface area contributed by atoms with Crippen LogP contribution < -0.4 is 16.4 Å². The van der Waals surface area contributed by atoms with Crippen molar-refractivity contribution in [1.82, 2.24) is 20.4 Å². The number of aryl methyl sites for hydroxylation is 1. The molecule has 1 unspecified atom stereocenters. The highest BCUT2D eigenvalue weighted by Crippen LogP contribution is 2.22. The summed E-state index contributed by atoms with van der Waals surface area (Å²) in [6, 6.07) is 6.79. The van der Waals surface area contributed by atoms with Crippen molar-refractivity contribution in [2.75, 3.05) is 19.7 Å². The van der Waals surface area contributed by atoms with Crippen LogP contribution >= 0.6 is 0 Å². The van der Waals surface area contributed by atoms with Crippen LogP contribution in [-0.4, -0.2) is 52.4 Å². The second-order valence-corrected chi connectivity index (χ2v) is 7.87. The van der Waals surface area contributed by atoms with E-state index in [-0.39, 0.29) is 18.4 Å². The number of nitrogens with zero attached hydrogens (tertiary/aromatic N) is 2. The van der Waals surface area contributed by atoms with Gasteiger partial charge in [-0.05, 0) is 30.9 Å². The van der Waals surface area contributed by atoms with Crippen LogP contribution in [-0.2, 0) is 11.3 Å². The largest absolute Gasteiger partial charge is 0.396 e. The first-order valence-electron chi connectivity index (χ1n) is 9.64. The highest BCUT2D eigenvalue weighted by Gasteiger charge is 2.33. The Morgan fingerprint density at radius 2 is 1.96 bits per heavy atom. The minimum absolute atomic E-state index is 0.000944. The maximum absolute atomic E-state index is 13.0. The molecule has 0 fully saturated rings. The molecule has 8 nitrogen and oxygen atoms in total. The lowest BCUT2D eigenvalue weighted by Gasteiger charge is -2.30. The number of hydrogen-bond acceptors (Lipinski definition) is 5. The molecule has 1 atom stereocenters. The molecule has 5 N–H and O–H groups in total. The van der Waals surface area contributed by atoms with Gasteiger partial charge in [0, 0.05) is 25.1 Å². The van der Waals surface area contributed by atoms with Crippen molar-refractivity contribution < 1.29 is 14.7 Å². The monoisotopic (exact) mass is 389 g/mol. The van der Waals surface area contributed by atoms with Crippen molar-refractivity contribution in [3.05, 3.63) is 30.0 Å². The number of para-hydroxylation sites is 1. The van der Waals surface area contributed by atoms with E-state index in [1.54, 1.807) is 4.68 Å². The highest BCUT2D eigenvalue weighted by atomic mass is 16.3. The zero-order valence-electron chi connectivity index (χ0n) is 16.9. The summed E-state index contributed by atoms with van der Waals surface area (Å²) >= 11 is 0. The predicted octanol–water partition coefficient (Wildman–Crippen LogP) is 1.03. The van der Waals surface area contributed by atoms with Gasteiger partial charge in [-0.2, -0.15) is 5.10 Å². The number of hydrogen-bond donors (Lipinski definition) is 4. The molecule has 0 aliphatic rings. The lowest BCUT2D eigenvalue weighted by molar-refractivity contribution is -0.125. The Balaban J connectivity index is 2.27. The van der Waals surface area contributed by atoms with Crippen LogP contribution in [0.25, 0.3) is 10.9 Å². The van der Waals surface area contributed by atoms with Gasteiger partial charge in [0.25, 0.3) is 5.91 Å². The Labute approximate surface area is 165 Å². The van der Waals surface area contributed by atoms with Gasteiger partial charge in [-0.1, -0.05) is 39.0 Å². The molecule has 0 saturated heterocycles. The second kappa shape index (κ2) is 9.66. The first kappa shape index (κ1) is 21.8. The van der Waals surface area contributed by atoms with Gasteiger partial charge in [-0.3, -0.25) is 14.3 Å². The molecular weight excluding hydrogens is 358 g/mol. The van der Waals surface area contributed by atoms with Crippen LogP contribution in [0.15, 0.2) is 24.3 Å². The van der Waals surface area contributed by atoms with Crippen LogP contribution in [0.2, 0.25) is 0 Å².